The van der Waals surface area contributed by atoms with Gasteiger partial charge in [-0.2, -0.15) is 26.3 Å². The maximum atomic E-state index is 12.5. The molecule has 1 nitrogen and oxygen atoms in total. The molecule has 0 saturated carbocycles. The Morgan fingerprint density at radius 2 is 1.14 bits per heavy atom. The third kappa shape index (κ3) is 5.34. The fourth-order valence-corrected chi connectivity index (χ4v) is 2.64. The Kier molecular flexibility index (Phi) is 7.04. The summed E-state index contributed by atoms with van der Waals surface area (Å²) in [5.41, 5.74) is -4.61. The van der Waals surface area contributed by atoms with E-state index in [4.69, 9.17) is 5.11 Å². The van der Waals surface area contributed by atoms with Gasteiger partial charge >= 0.3 is 12.4 Å². The van der Waals surface area contributed by atoms with E-state index in [9.17, 15) is 26.3 Å². The molecule has 0 spiro atoms. The molecule has 0 aliphatic heterocycles. The highest BCUT2D eigenvalue weighted by Crippen LogP contribution is 2.46. The van der Waals surface area contributed by atoms with Gasteiger partial charge < -0.3 is 5.11 Å². The summed E-state index contributed by atoms with van der Waals surface area (Å²) in [6.45, 7) is 7.91. The number of aliphatic hydroxyl groups is 1. The minimum atomic E-state index is -5.71. The average molecular weight is 322 g/mol. The van der Waals surface area contributed by atoms with Crippen molar-refractivity contribution >= 4 is 0 Å². The fraction of sp³-hybridized carbons (Fsp3) is 1.00. The van der Waals surface area contributed by atoms with E-state index in [1.165, 1.54) is 0 Å². The molecule has 0 radical (unpaired) electrons. The molecule has 0 aromatic heterocycles. The van der Waals surface area contributed by atoms with Crippen molar-refractivity contribution in [2.24, 2.45) is 17.8 Å². The van der Waals surface area contributed by atoms with Crippen molar-refractivity contribution in [3.8, 4) is 0 Å². The lowest BCUT2D eigenvalue weighted by molar-refractivity contribution is -0.370. The zero-order valence-corrected chi connectivity index (χ0v) is 12.8. The Labute approximate surface area is 121 Å². The van der Waals surface area contributed by atoms with Crippen LogP contribution >= 0.6 is 0 Å². The van der Waals surface area contributed by atoms with Crippen molar-refractivity contribution in [3.63, 3.8) is 0 Å². The molecule has 7 heteroatoms. The van der Waals surface area contributed by atoms with E-state index in [0.717, 1.165) is 0 Å². The molecular weight excluding hydrogens is 298 g/mol. The van der Waals surface area contributed by atoms with E-state index in [1.54, 1.807) is 0 Å². The summed E-state index contributed by atoms with van der Waals surface area (Å²) in [4.78, 5) is 0. The van der Waals surface area contributed by atoms with E-state index < -0.39 is 24.4 Å². The quantitative estimate of drug-likeness (QED) is 0.496. The molecular formula is C14H24F6O. The predicted octanol–water partition coefficient (Wildman–Crippen LogP) is 5.33. The molecule has 1 N–H and O–H groups in total. The molecule has 128 valence electrons. The summed E-state index contributed by atoms with van der Waals surface area (Å²) in [7, 11) is 0. The maximum absolute atomic E-state index is 12.5. The van der Waals surface area contributed by atoms with Crippen LogP contribution in [0.1, 0.15) is 53.4 Å². The van der Waals surface area contributed by atoms with Gasteiger partial charge in [0.25, 0.3) is 5.60 Å². The Hall–Kier alpha value is -0.460. The zero-order valence-electron chi connectivity index (χ0n) is 12.8. The van der Waals surface area contributed by atoms with Gasteiger partial charge in [0.05, 0.1) is 0 Å². The summed E-state index contributed by atoms with van der Waals surface area (Å²) >= 11 is 0. The minimum absolute atomic E-state index is 0.232. The number of rotatable bonds is 7. The molecule has 0 aliphatic carbocycles. The summed E-state index contributed by atoms with van der Waals surface area (Å²) in [6, 6.07) is 0. The first-order valence-electron chi connectivity index (χ1n) is 7.10. The van der Waals surface area contributed by atoms with Crippen molar-refractivity contribution in [2.75, 3.05) is 0 Å². The summed E-state index contributed by atoms with van der Waals surface area (Å²) in [6.07, 6.45) is -12.3. The lowest BCUT2D eigenvalue weighted by atomic mass is 9.81. The number of hydrogen-bond donors (Lipinski definition) is 1. The van der Waals surface area contributed by atoms with Crippen LogP contribution in [0.5, 0.6) is 0 Å². The molecule has 0 unspecified atom stereocenters. The first-order chi connectivity index (χ1) is 9.24. The molecule has 0 aliphatic rings. The van der Waals surface area contributed by atoms with Crippen LogP contribution in [0.3, 0.4) is 0 Å². The zero-order chi connectivity index (χ0) is 17.1. The van der Waals surface area contributed by atoms with Crippen molar-refractivity contribution in [1.29, 1.82) is 0 Å². The second-order valence-corrected chi connectivity index (χ2v) is 6.25. The normalized spacial score (nSPS) is 14.6. The van der Waals surface area contributed by atoms with Crippen molar-refractivity contribution in [1.82, 2.24) is 0 Å². The summed E-state index contributed by atoms with van der Waals surface area (Å²) < 4.78 is 74.8. The Balaban J connectivity index is 4.62. The third-order valence-electron chi connectivity index (χ3n) is 3.98. The summed E-state index contributed by atoms with van der Waals surface area (Å²) in [5.74, 6) is 0.873. The predicted molar refractivity (Wildman–Crippen MR) is 68.7 cm³/mol. The first-order valence-corrected chi connectivity index (χ1v) is 7.10. The van der Waals surface area contributed by atoms with Crippen LogP contribution in [-0.2, 0) is 0 Å². The van der Waals surface area contributed by atoms with E-state index in [0.29, 0.717) is 18.3 Å². The van der Waals surface area contributed by atoms with E-state index in [1.807, 2.05) is 27.7 Å². The van der Waals surface area contributed by atoms with Gasteiger partial charge in [-0.3, -0.25) is 0 Å². The molecule has 0 heterocycles. The minimum Gasteiger partial charge on any atom is -0.374 e. The van der Waals surface area contributed by atoms with Gasteiger partial charge in [-0.05, 0) is 37.0 Å². The van der Waals surface area contributed by atoms with Crippen LogP contribution < -0.4 is 0 Å². The van der Waals surface area contributed by atoms with Crippen LogP contribution in [0.4, 0.5) is 26.3 Å². The van der Waals surface area contributed by atoms with Gasteiger partial charge in [0.15, 0.2) is 0 Å². The maximum Gasteiger partial charge on any atom is 0.426 e. The number of halogens is 6. The van der Waals surface area contributed by atoms with Gasteiger partial charge in [0, 0.05) is 0 Å². The largest absolute Gasteiger partial charge is 0.426 e. The molecule has 0 amide bonds. The summed E-state index contributed by atoms with van der Waals surface area (Å²) in [5, 5.41) is 9.02. The molecule has 0 bridgehead atoms. The Morgan fingerprint density at radius 3 is 1.43 bits per heavy atom. The van der Waals surface area contributed by atoms with Gasteiger partial charge in [-0.25, -0.2) is 0 Å². The van der Waals surface area contributed by atoms with E-state index in [2.05, 4.69) is 0 Å². The molecule has 0 fully saturated rings. The van der Waals surface area contributed by atoms with Gasteiger partial charge in [0.1, 0.15) is 0 Å². The van der Waals surface area contributed by atoms with E-state index in [-0.39, 0.29) is 18.8 Å². The lowest BCUT2D eigenvalue weighted by Gasteiger charge is -2.32. The second-order valence-electron chi connectivity index (χ2n) is 6.25. The van der Waals surface area contributed by atoms with Crippen molar-refractivity contribution < 1.29 is 31.4 Å². The monoisotopic (exact) mass is 322 g/mol. The highest BCUT2D eigenvalue weighted by Gasteiger charge is 2.69. The first kappa shape index (κ1) is 20.5. The topological polar surface area (TPSA) is 20.2 Å². The van der Waals surface area contributed by atoms with Crippen LogP contribution in [0, 0.1) is 17.8 Å². The fourth-order valence-electron chi connectivity index (χ4n) is 2.64. The van der Waals surface area contributed by atoms with Crippen LogP contribution in [0.2, 0.25) is 0 Å². The van der Waals surface area contributed by atoms with E-state index >= 15 is 0 Å². The standard InChI is InChI=1S/C14H24F6O/c1-9(2)11(10(3)4)7-5-6-8-12(21,13(15,16)17)14(18,19)20/h9-11,21H,5-8H2,1-4H3. The third-order valence-corrected chi connectivity index (χ3v) is 3.98. The van der Waals surface area contributed by atoms with Gasteiger partial charge in [-0.15, -0.1) is 0 Å². The number of hydrogen-bond acceptors (Lipinski definition) is 1. The average Bonchev–Trinajstić information content (AvgIpc) is 2.23. The van der Waals surface area contributed by atoms with Crippen molar-refractivity contribution in [2.45, 2.75) is 71.3 Å². The molecule has 0 rings (SSSR count). The van der Waals surface area contributed by atoms with Crippen LogP contribution in [0.25, 0.3) is 0 Å². The van der Waals surface area contributed by atoms with Crippen LogP contribution in [-0.4, -0.2) is 23.1 Å². The SMILES string of the molecule is CC(C)C(CCCCC(O)(C(F)(F)F)C(F)(F)F)C(C)C. The molecule has 21 heavy (non-hydrogen) atoms. The highest BCUT2D eigenvalue weighted by molar-refractivity contribution is 4.93. The Bertz CT molecular complexity index is 284. The van der Waals surface area contributed by atoms with Gasteiger partial charge in [-0.1, -0.05) is 34.1 Å². The Morgan fingerprint density at radius 1 is 0.762 bits per heavy atom. The molecule has 0 aromatic rings. The van der Waals surface area contributed by atoms with Crippen molar-refractivity contribution in [3.05, 3.63) is 0 Å². The molecule has 0 aromatic carbocycles. The number of alkyl halides is 6. The smallest absolute Gasteiger partial charge is 0.374 e. The molecule has 0 atom stereocenters. The highest BCUT2D eigenvalue weighted by atomic mass is 19.4. The van der Waals surface area contributed by atoms with Gasteiger partial charge in [0.2, 0.25) is 0 Å². The second kappa shape index (κ2) is 7.20. The van der Waals surface area contributed by atoms with Crippen LogP contribution in [0.15, 0.2) is 0 Å². The number of unbranched alkanes of at least 4 members (excludes halogenated alkanes) is 1. The molecule has 0 saturated heterocycles. The lowest BCUT2D eigenvalue weighted by Crippen LogP contribution is -2.56.